The number of halogens is 2. The van der Waals surface area contributed by atoms with Crippen LogP contribution in [0.3, 0.4) is 0 Å². The van der Waals surface area contributed by atoms with E-state index >= 15 is 0 Å². The predicted octanol–water partition coefficient (Wildman–Crippen LogP) is 6.47. The molecule has 7 heteroatoms. The molecule has 168 valence electrons. The van der Waals surface area contributed by atoms with Crippen molar-refractivity contribution in [2.45, 2.75) is 69.2 Å². The molecule has 0 aliphatic heterocycles. The number of nitrogens with one attached hydrogen (secondary N) is 1. The average molecular weight is 450 g/mol. The summed E-state index contributed by atoms with van der Waals surface area (Å²) in [6.07, 6.45) is 0. The van der Waals surface area contributed by atoms with Gasteiger partial charge in [0, 0.05) is 22.7 Å². The minimum absolute atomic E-state index is 0.168. The molecule has 0 atom stereocenters. The number of hydrogen-bond acceptors (Lipinski definition) is 4. The first-order valence-corrected chi connectivity index (χ1v) is 10.9. The number of amides is 1. The van der Waals surface area contributed by atoms with E-state index in [0.717, 1.165) is 0 Å². The molecule has 0 aromatic heterocycles. The predicted molar refractivity (Wildman–Crippen MR) is 125 cm³/mol. The monoisotopic (exact) mass is 449 g/mol. The third kappa shape index (κ3) is 10.2. The lowest BCUT2D eigenvalue weighted by molar-refractivity contribution is -0.120. The fourth-order valence-corrected chi connectivity index (χ4v) is 3.02. The molecule has 1 aromatic carbocycles. The molecule has 0 unspecified atom stereocenters. The smallest absolute Gasteiger partial charge is 0.253 e. The Balaban J connectivity index is -0.00000103. The first-order chi connectivity index (χ1) is 13.7. The zero-order valence-corrected chi connectivity index (χ0v) is 21.0. The Morgan fingerprint density at radius 1 is 0.862 bits per heavy atom. The minimum atomic E-state index is -0.670. The zero-order valence-electron chi connectivity index (χ0n) is 19.5. The molecule has 0 radical (unpaired) electrons. The Morgan fingerprint density at radius 3 is 1.69 bits per heavy atom. The van der Waals surface area contributed by atoms with Gasteiger partial charge in [-0.25, -0.2) is 0 Å². The number of carbonyl (C=O) groups excluding carboxylic acids is 3. The molecular formula is C22H37Cl2NO4. The Labute approximate surface area is 186 Å². The SMILES string of the molecule is CC.CC.CC.CC(=O)c1c(C)c(NC(=O)COCCCl)c(C)c(C(=O)Cl)c1C. The van der Waals surface area contributed by atoms with E-state index in [1.807, 2.05) is 41.5 Å². The van der Waals surface area contributed by atoms with Gasteiger partial charge in [-0.2, -0.15) is 0 Å². The molecule has 0 saturated heterocycles. The molecule has 1 rings (SSSR count). The number of hydrogen-bond donors (Lipinski definition) is 1. The van der Waals surface area contributed by atoms with Crippen LogP contribution in [0, 0.1) is 20.8 Å². The van der Waals surface area contributed by atoms with Crippen molar-refractivity contribution in [3.63, 3.8) is 0 Å². The van der Waals surface area contributed by atoms with Crippen molar-refractivity contribution in [2.24, 2.45) is 0 Å². The second-order valence-corrected chi connectivity index (χ2v) is 5.84. The number of rotatable bonds is 7. The lowest BCUT2D eigenvalue weighted by Crippen LogP contribution is -2.22. The van der Waals surface area contributed by atoms with Gasteiger partial charge in [0.25, 0.3) is 5.24 Å². The molecule has 0 spiro atoms. The summed E-state index contributed by atoms with van der Waals surface area (Å²) in [6, 6.07) is 0. The van der Waals surface area contributed by atoms with Gasteiger partial charge in [0.05, 0.1) is 6.61 Å². The van der Waals surface area contributed by atoms with E-state index in [-0.39, 0.29) is 30.4 Å². The highest BCUT2D eigenvalue weighted by Crippen LogP contribution is 2.32. The summed E-state index contributed by atoms with van der Waals surface area (Å²) in [5.74, 6) is -0.310. The highest BCUT2D eigenvalue weighted by atomic mass is 35.5. The van der Waals surface area contributed by atoms with Crippen molar-refractivity contribution in [1.29, 1.82) is 0 Å². The van der Waals surface area contributed by atoms with E-state index in [1.165, 1.54) is 6.92 Å². The highest BCUT2D eigenvalue weighted by Gasteiger charge is 2.23. The molecule has 0 fully saturated rings. The second kappa shape index (κ2) is 18.6. The summed E-state index contributed by atoms with van der Waals surface area (Å²) in [7, 11) is 0. The van der Waals surface area contributed by atoms with Crippen LogP contribution in [-0.4, -0.2) is 36.0 Å². The summed E-state index contributed by atoms with van der Waals surface area (Å²) < 4.78 is 5.07. The Hall–Kier alpha value is -1.43. The van der Waals surface area contributed by atoms with E-state index < -0.39 is 11.1 Å². The number of benzene rings is 1. The van der Waals surface area contributed by atoms with Crippen LogP contribution < -0.4 is 5.32 Å². The molecular weight excluding hydrogens is 413 g/mol. The van der Waals surface area contributed by atoms with Gasteiger partial charge in [0.2, 0.25) is 5.91 Å². The van der Waals surface area contributed by atoms with Crippen LogP contribution in [0.4, 0.5) is 5.69 Å². The summed E-state index contributed by atoms with van der Waals surface area (Å²) >= 11 is 11.1. The Morgan fingerprint density at radius 2 is 1.31 bits per heavy atom. The fraction of sp³-hybridized carbons (Fsp3) is 0.591. The molecule has 0 aliphatic rings. The number of carbonyl (C=O) groups is 3. The van der Waals surface area contributed by atoms with Crippen molar-refractivity contribution < 1.29 is 19.1 Å². The number of ether oxygens (including phenoxy) is 1. The summed E-state index contributed by atoms with van der Waals surface area (Å²) in [6.45, 7) is 18.6. The van der Waals surface area contributed by atoms with Crippen LogP contribution in [0.25, 0.3) is 0 Å². The van der Waals surface area contributed by atoms with Crippen LogP contribution in [0.1, 0.15) is 85.9 Å². The normalized spacial score (nSPS) is 8.97. The maximum absolute atomic E-state index is 12.0. The van der Waals surface area contributed by atoms with Gasteiger partial charge < -0.3 is 10.1 Å². The van der Waals surface area contributed by atoms with Crippen LogP contribution in [-0.2, 0) is 9.53 Å². The lowest BCUT2D eigenvalue weighted by Gasteiger charge is -2.19. The molecule has 1 N–H and O–H groups in total. The van der Waals surface area contributed by atoms with Crippen molar-refractivity contribution in [2.75, 3.05) is 24.4 Å². The van der Waals surface area contributed by atoms with Crippen LogP contribution in [0.15, 0.2) is 0 Å². The van der Waals surface area contributed by atoms with E-state index in [2.05, 4.69) is 5.32 Å². The van der Waals surface area contributed by atoms with Crippen molar-refractivity contribution in [3.8, 4) is 0 Å². The second-order valence-electron chi connectivity index (χ2n) is 5.12. The first-order valence-electron chi connectivity index (χ1n) is 10.00. The quantitative estimate of drug-likeness (QED) is 0.224. The summed E-state index contributed by atoms with van der Waals surface area (Å²) in [5.41, 5.74) is 2.67. The third-order valence-electron chi connectivity index (χ3n) is 3.52. The molecule has 0 aliphatic carbocycles. The van der Waals surface area contributed by atoms with Crippen LogP contribution >= 0.6 is 23.2 Å². The molecule has 0 bridgehead atoms. The van der Waals surface area contributed by atoms with Gasteiger partial charge in [-0.05, 0) is 56.0 Å². The summed E-state index contributed by atoms with van der Waals surface area (Å²) in [4.78, 5) is 35.6. The highest BCUT2D eigenvalue weighted by molar-refractivity contribution is 6.68. The van der Waals surface area contributed by atoms with Gasteiger partial charge >= 0.3 is 0 Å². The number of ketones is 1. The molecule has 0 heterocycles. The molecule has 29 heavy (non-hydrogen) atoms. The van der Waals surface area contributed by atoms with Crippen LogP contribution in [0.2, 0.25) is 0 Å². The molecule has 5 nitrogen and oxygen atoms in total. The van der Waals surface area contributed by atoms with Gasteiger partial charge in [0.1, 0.15) is 6.61 Å². The number of anilines is 1. The molecule has 1 amide bonds. The van der Waals surface area contributed by atoms with Gasteiger partial charge in [-0.15, -0.1) is 11.6 Å². The van der Waals surface area contributed by atoms with Gasteiger partial charge in [0.15, 0.2) is 5.78 Å². The Bertz CT molecular complexity index is 618. The first kappa shape index (κ1) is 32.2. The lowest BCUT2D eigenvalue weighted by atomic mass is 9.90. The third-order valence-corrected chi connectivity index (χ3v) is 3.86. The molecule has 1 aromatic rings. The maximum atomic E-state index is 12.0. The van der Waals surface area contributed by atoms with Gasteiger partial charge in [-0.1, -0.05) is 41.5 Å². The largest absolute Gasteiger partial charge is 0.370 e. The van der Waals surface area contributed by atoms with Crippen molar-refractivity contribution in [3.05, 3.63) is 27.8 Å². The number of alkyl halides is 1. The summed E-state index contributed by atoms with van der Waals surface area (Å²) in [5, 5.41) is 2.02. The van der Waals surface area contributed by atoms with E-state index in [4.69, 9.17) is 27.9 Å². The van der Waals surface area contributed by atoms with Crippen molar-refractivity contribution in [1.82, 2.24) is 0 Å². The minimum Gasteiger partial charge on any atom is -0.370 e. The average Bonchev–Trinajstić information content (AvgIpc) is 2.69. The molecule has 0 saturated carbocycles. The van der Waals surface area contributed by atoms with Gasteiger partial charge in [-0.3, -0.25) is 14.4 Å². The Kier molecular flexibility index (Phi) is 20.7. The van der Waals surface area contributed by atoms with Crippen LogP contribution in [0.5, 0.6) is 0 Å². The van der Waals surface area contributed by atoms with Crippen molar-refractivity contribution >= 4 is 45.8 Å². The topological polar surface area (TPSA) is 72.5 Å². The number of Topliss-reactive ketones (excluding diaryl/α,β-unsaturated/α-hetero) is 1. The van der Waals surface area contributed by atoms with E-state index in [0.29, 0.717) is 27.9 Å². The maximum Gasteiger partial charge on any atom is 0.253 e. The zero-order chi connectivity index (χ0) is 23.7. The van der Waals surface area contributed by atoms with E-state index in [9.17, 15) is 14.4 Å². The fourth-order valence-electron chi connectivity index (χ4n) is 2.62. The van der Waals surface area contributed by atoms with E-state index in [1.54, 1.807) is 20.8 Å². The standard InChI is InChI=1S/C16H19Cl2NO4.3C2H6/c1-8-13(11(4)20)9(2)15(10(3)14(8)16(18)22)19-12(21)7-23-6-5-17;3*1-2/h5-7H2,1-4H3,(H,19,21);3*1-2H3.